The molecule has 0 aliphatic heterocycles. The molecule has 1 heterocycles. The van der Waals surface area contributed by atoms with Gasteiger partial charge in [-0.05, 0) is 30.7 Å². The summed E-state index contributed by atoms with van der Waals surface area (Å²) in [6, 6.07) is 8.70. The second-order valence-electron chi connectivity index (χ2n) is 3.31. The first-order chi connectivity index (χ1) is 7.65. The zero-order chi connectivity index (χ0) is 11.5. The minimum absolute atomic E-state index is 0.357. The molecule has 0 radical (unpaired) electrons. The number of benzene rings is 1. The van der Waals surface area contributed by atoms with Gasteiger partial charge in [-0.15, -0.1) is 10.2 Å². The van der Waals surface area contributed by atoms with E-state index in [9.17, 15) is 0 Å². The minimum atomic E-state index is 0.357. The van der Waals surface area contributed by atoms with Crippen molar-refractivity contribution >= 4 is 17.4 Å². The monoisotopic (exact) mass is 235 g/mol. The van der Waals surface area contributed by atoms with Crippen LogP contribution in [0.1, 0.15) is 5.56 Å². The van der Waals surface area contributed by atoms with Crippen LogP contribution in [0.5, 0.6) is 11.6 Å². The number of nitrogens with zero attached hydrogens (tertiary/aromatic N) is 2. The largest absolute Gasteiger partial charge is 0.437 e. The van der Waals surface area contributed by atoms with Gasteiger partial charge in [-0.2, -0.15) is 0 Å². The summed E-state index contributed by atoms with van der Waals surface area (Å²) in [6.45, 7) is 1.93. The highest BCUT2D eigenvalue weighted by atomic mass is 35.5. The van der Waals surface area contributed by atoms with Crippen molar-refractivity contribution in [3.63, 3.8) is 0 Å². The van der Waals surface area contributed by atoms with E-state index in [4.69, 9.17) is 22.1 Å². The minimum Gasteiger partial charge on any atom is -0.437 e. The number of hydrogen-bond acceptors (Lipinski definition) is 4. The Morgan fingerprint density at radius 1 is 1.19 bits per heavy atom. The molecule has 0 amide bonds. The summed E-state index contributed by atoms with van der Waals surface area (Å²) in [5.41, 5.74) is 6.40. The van der Waals surface area contributed by atoms with Crippen molar-refractivity contribution in [3.05, 3.63) is 40.9 Å². The Kier molecular flexibility index (Phi) is 2.92. The van der Waals surface area contributed by atoms with Crippen LogP contribution in [0.25, 0.3) is 0 Å². The summed E-state index contributed by atoms with van der Waals surface area (Å²) >= 11 is 5.87. The van der Waals surface area contributed by atoms with Crippen LogP contribution in [0, 0.1) is 6.92 Å². The van der Waals surface area contributed by atoms with Gasteiger partial charge in [-0.1, -0.05) is 17.7 Å². The lowest BCUT2D eigenvalue weighted by molar-refractivity contribution is 0.452. The van der Waals surface area contributed by atoms with Gasteiger partial charge < -0.3 is 10.5 Å². The van der Waals surface area contributed by atoms with E-state index in [1.165, 1.54) is 0 Å². The van der Waals surface area contributed by atoms with Crippen LogP contribution in [0.15, 0.2) is 30.3 Å². The Morgan fingerprint density at radius 3 is 2.69 bits per heavy atom. The fourth-order valence-corrected chi connectivity index (χ4v) is 1.34. The first-order valence-corrected chi connectivity index (χ1v) is 5.06. The number of nitrogens with two attached hydrogens (primary N) is 1. The summed E-state index contributed by atoms with van der Waals surface area (Å²) in [4.78, 5) is 0. The molecule has 1 aromatic heterocycles. The van der Waals surface area contributed by atoms with Crippen LogP contribution in [0.4, 0.5) is 5.82 Å². The second-order valence-corrected chi connectivity index (χ2v) is 3.74. The first kappa shape index (κ1) is 10.7. The number of anilines is 1. The lowest BCUT2D eigenvalue weighted by Gasteiger charge is -2.07. The van der Waals surface area contributed by atoms with Gasteiger partial charge in [0.1, 0.15) is 11.6 Å². The van der Waals surface area contributed by atoms with Crippen molar-refractivity contribution in [1.82, 2.24) is 10.2 Å². The number of hydrogen-bond donors (Lipinski definition) is 1. The second kappa shape index (κ2) is 4.37. The summed E-state index contributed by atoms with van der Waals surface area (Å²) in [6.07, 6.45) is 0. The SMILES string of the molecule is Cc1ccc(Cl)cc1Oc1ccc(N)nn1. The molecule has 0 spiro atoms. The third-order valence-corrected chi connectivity index (χ3v) is 2.26. The van der Waals surface area contributed by atoms with Gasteiger partial charge in [0.25, 0.3) is 0 Å². The summed E-state index contributed by atoms with van der Waals surface area (Å²) in [5, 5.41) is 8.12. The Labute approximate surface area is 98.0 Å². The zero-order valence-corrected chi connectivity index (χ0v) is 9.40. The lowest BCUT2D eigenvalue weighted by Crippen LogP contribution is -1.95. The molecule has 0 saturated heterocycles. The van der Waals surface area contributed by atoms with Crippen molar-refractivity contribution in [2.75, 3.05) is 5.73 Å². The van der Waals surface area contributed by atoms with Crippen LogP contribution in [-0.2, 0) is 0 Å². The maximum Gasteiger partial charge on any atom is 0.239 e. The normalized spacial score (nSPS) is 10.1. The molecule has 0 unspecified atom stereocenters. The molecule has 0 fully saturated rings. The molecule has 82 valence electrons. The third-order valence-electron chi connectivity index (χ3n) is 2.03. The van der Waals surface area contributed by atoms with E-state index in [1.807, 2.05) is 13.0 Å². The van der Waals surface area contributed by atoms with E-state index in [2.05, 4.69) is 10.2 Å². The molecule has 0 atom stereocenters. The highest BCUT2D eigenvalue weighted by Gasteiger charge is 2.03. The Balaban J connectivity index is 2.26. The predicted octanol–water partition coefficient (Wildman–Crippen LogP) is 2.81. The maximum absolute atomic E-state index is 5.87. The Bertz CT molecular complexity index is 499. The molecule has 1 aromatic carbocycles. The van der Waals surface area contributed by atoms with E-state index in [0.717, 1.165) is 5.56 Å². The van der Waals surface area contributed by atoms with Crippen LogP contribution in [0.2, 0.25) is 5.02 Å². The molecule has 0 saturated carbocycles. The summed E-state index contributed by atoms with van der Waals surface area (Å²) < 4.78 is 5.53. The average Bonchev–Trinajstić information content (AvgIpc) is 2.27. The molecular weight excluding hydrogens is 226 g/mol. The highest BCUT2D eigenvalue weighted by molar-refractivity contribution is 6.30. The van der Waals surface area contributed by atoms with E-state index in [-0.39, 0.29) is 0 Å². The van der Waals surface area contributed by atoms with Crippen molar-refractivity contribution in [2.24, 2.45) is 0 Å². The molecule has 0 aliphatic rings. The number of rotatable bonds is 2. The summed E-state index contributed by atoms with van der Waals surface area (Å²) in [7, 11) is 0. The molecule has 2 rings (SSSR count). The standard InChI is InChI=1S/C11H10ClN3O/c1-7-2-3-8(12)6-9(7)16-11-5-4-10(13)14-15-11/h2-6H,1H3,(H2,13,14). The molecule has 16 heavy (non-hydrogen) atoms. The van der Waals surface area contributed by atoms with Gasteiger partial charge >= 0.3 is 0 Å². The third kappa shape index (κ3) is 2.41. The fourth-order valence-electron chi connectivity index (χ4n) is 1.18. The maximum atomic E-state index is 5.87. The van der Waals surface area contributed by atoms with E-state index >= 15 is 0 Å². The molecule has 0 aliphatic carbocycles. The van der Waals surface area contributed by atoms with E-state index in [1.54, 1.807) is 24.3 Å². The van der Waals surface area contributed by atoms with Gasteiger partial charge in [-0.25, -0.2) is 0 Å². The zero-order valence-electron chi connectivity index (χ0n) is 8.64. The van der Waals surface area contributed by atoms with Gasteiger partial charge in [0, 0.05) is 11.1 Å². The predicted molar refractivity (Wildman–Crippen MR) is 62.7 cm³/mol. The van der Waals surface area contributed by atoms with E-state index < -0.39 is 0 Å². The van der Waals surface area contributed by atoms with Crippen LogP contribution in [-0.4, -0.2) is 10.2 Å². The Morgan fingerprint density at radius 2 is 2.00 bits per heavy atom. The average molecular weight is 236 g/mol. The molecule has 2 N–H and O–H groups in total. The van der Waals surface area contributed by atoms with Crippen molar-refractivity contribution < 1.29 is 4.74 Å². The Hall–Kier alpha value is -1.81. The highest BCUT2D eigenvalue weighted by Crippen LogP contribution is 2.26. The number of nitrogen functional groups attached to an aromatic ring is 1. The van der Waals surface area contributed by atoms with Crippen LogP contribution < -0.4 is 10.5 Å². The number of halogens is 1. The lowest BCUT2D eigenvalue weighted by atomic mass is 10.2. The number of aromatic nitrogens is 2. The topological polar surface area (TPSA) is 61.0 Å². The van der Waals surface area contributed by atoms with Gasteiger partial charge in [0.05, 0.1) is 0 Å². The molecular formula is C11H10ClN3O. The number of aryl methyl sites for hydroxylation is 1. The van der Waals surface area contributed by atoms with Crippen LogP contribution in [0.3, 0.4) is 0 Å². The van der Waals surface area contributed by atoms with Crippen molar-refractivity contribution in [1.29, 1.82) is 0 Å². The molecule has 5 heteroatoms. The van der Waals surface area contributed by atoms with E-state index in [0.29, 0.717) is 22.5 Å². The van der Waals surface area contributed by atoms with Gasteiger partial charge in [0.15, 0.2) is 0 Å². The van der Waals surface area contributed by atoms with Gasteiger partial charge in [-0.3, -0.25) is 0 Å². The first-order valence-electron chi connectivity index (χ1n) is 4.68. The summed E-state index contributed by atoms with van der Waals surface area (Å²) in [5.74, 6) is 1.40. The fraction of sp³-hybridized carbons (Fsp3) is 0.0909. The molecule has 0 bridgehead atoms. The smallest absolute Gasteiger partial charge is 0.239 e. The van der Waals surface area contributed by atoms with Crippen LogP contribution >= 0.6 is 11.6 Å². The molecule has 2 aromatic rings. The van der Waals surface area contributed by atoms with Crippen molar-refractivity contribution in [3.8, 4) is 11.6 Å². The van der Waals surface area contributed by atoms with Gasteiger partial charge in [0.2, 0.25) is 5.88 Å². The molecule has 4 nitrogen and oxygen atoms in total. The quantitative estimate of drug-likeness (QED) is 0.870. The van der Waals surface area contributed by atoms with Crippen molar-refractivity contribution in [2.45, 2.75) is 6.92 Å². The number of ether oxygens (including phenoxy) is 1.